The van der Waals surface area contributed by atoms with Crippen molar-refractivity contribution in [2.24, 2.45) is 0 Å². The van der Waals surface area contributed by atoms with E-state index in [4.69, 9.17) is 14.9 Å². The van der Waals surface area contributed by atoms with Crippen molar-refractivity contribution in [1.82, 2.24) is 5.32 Å². The van der Waals surface area contributed by atoms with Crippen LogP contribution in [0.5, 0.6) is 0 Å². The van der Waals surface area contributed by atoms with Crippen LogP contribution in [0.2, 0.25) is 0 Å². The molecule has 0 amide bonds. The van der Waals surface area contributed by atoms with Crippen LogP contribution in [0.15, 0.2) is 0 Å². The summed E-state index contributed by atoms with van der Waals surface area (Å²) >= 11 is 0. The summed E-state index contributed by atoms with van der Waals surface area (Å²) in [5.74, 6) is 0. The second kappa shape index (κ2) is 3.88. The number of ether oxygens (including phenoxy) is 1. The van der Waals surface area contributed by atoms with Crippen molar-refractivity contribution < 1.29 is 14.9 Å². The first-order valence-corrected chi connectivity index (χ1v) is 3.44. The molecule has 0 aromatic heterocycles. The first kappa shape index (κ1) is 7.94. The summed E-state index contributed by atoms with van der Waals surface area (Å²) in [5, 5.41) is 20.4. The maximum absolute atomic E-state index is 8.66. The molecule has 1 fully saturated rings. The second-order valence-corrected chi connectivity index (χ2v) is 2.40. The molecule has 60 valence electrons. The molecular formula is C6H13NO3. The maximum Gasteiger partial charge on any atom is 0.0935 e. The molecule has 1 aliphatic rings. The van der Waals surface area contributed by atoms with Crippen LogP contribution in [-0.2, 0) is 4.74 Å². The topological polar surface area (TPSA) is 61.7 Å². The van der Waals surface area contributed by atoms with E-state index in [0.29, 0.717) is 13.1 Å². The van der Waals surface area contributed by atoms with Crippen LogP contribution < -0.4 is 5.32 Å². The van der Waals surface area contributed by atoms with Gasteiger partial charge in [0.25, 0.3) is 0 Å². The molecule has 10 heavy (non-hydrogen) atoms. The third-order valence-corrected chi connectivity index (χ3v) is 1.54. The van der Waals surface area contributed by atoms with E-state index in [-0.39, 0.29) is 25.4 Å². The molecule has 4 heteroatoms. The number of aliphatic hydroxyl groups is 2. The van der Waals surface area contributed by atoms with Gasteiger partial charge in [-0.1, -0.05) is 0 Å². The molecule has 0 aromatic carbocycles. The summed E-state index contributed by atoms with van der Waals surface area (Å²) in [5.41, 5.74) is 0. The molecule has 1 rings (SSSR count). The summed E-state index contributed by atoms with van der Waals surface area (Å²) in [6.45, 7) is 1.38. The molecule has 0 bridgehead atoms. The van der Waals surface area contributed by atoms with Gasteiger partial charge in [-0.05, 0) is 0 Å². The van der Waals surface area contributed by atoms with E-state index in [1.807, 2.05) is 0 Å². The van der Waals surface area contributed by atoms with E-state index in [0.717, 1.165) is 0 Å². The SMILES string of the molecule is OC[C@@H]1CNC[C@@H](CO)O1. The maximum atomic E-state index is 8.66. The molecule has 0 radical (unpaired) electrons. The summed E-state index contributed by atoms with van der Waals surface area (Å²) in [6, 6.07) is 0. The minimum atomic E-state index is -0.147. The van der Waals surface area contributed by atoms with E-state index in [1.54, 1.807) is 0 Å². The van der Waals surface area contributed by atoms with Crippen molar-refractivity contribution in [3.63, 3.8) is 0 Å². The Morgan fingerprint density at radius 2 is 1.70 bits per heavy atom. The van der Waals surface area contributed by atoms with Gasteiger partial charge in [0, 0.05) is 13.1 Å². The Morgan fingerprint density at radius 1 is 1.20 bits per heavy atom. The van der Waals surface area contributed by atoms with Crippen LogP contribution in [0.4, 0.5) is 0 Å². The lowest BCUT2D eigenvalue weighted by Gasteiger charge is -2.28. The lowest BCUT2D eigenvalue weighted by Crippen LogP contribution is -2.47. The zero-order valence-corrected chi connectivity index (χ0v) is 5.79. The lowest BCUT2D eigenvalue weighted by atomic mass is 10.2. The smallest absolute Gasteiger partial charge is 0.0935 e. The van der Waals surface area contributed by atoms with Crippen molar-refractivity contribution >= 4 is 0 Å². The van der Waals surface area contributed by atoms with Crippen molar-refractivity contribution in [3.05, 3.63) is 0 Å². The Hall–Kier alpha value is -0.160. The highest BCUT2D eigenvalue weighted by Gasteiger charge is 2.19. The average Bonchev–Trinajstić information content (AvgIpc) is 2.05. The van der Waals surface area contributed by atoms with E-state index >= 15 is 0 Å². The fourth-order valence-corrected chi connectivity index (χ4v) is 0.989. The highest BCUT2D eigenvalue weighted by Crippen LogP contribution is 2.01. The van der Waals surface area contributed by atoms with Gasteiger partial charge >= 0.3 is 0 Å². The van der Waals surface area contributed by atoms with E-state index < -0.39 is 0 Å². The molecule has 0 saturated carbocycles. The van der Waals surface area contributed by atoms with Crippen molar-refractivity contribution in [1.29, 1.82) is 0 Å². The zero-order chi connectivity index (χ0) is 7.40. The predicted octanol–water partition coefficient (Wildman–Crippen LogP) is -1.67. The zero-order valence-electron chi connectivity index (χ0n) is 5.79. The van der Waals surface area contributed by atoms with Crippen molar-refractivity contribution in [3.8, 4) is 0 Å². The van der Waals surface area contributed by atoms with Crippen molar-refractivity contribution in [2.45, 2.75) is 12.2 Å². The fourth-order valence-electron chi connectivity index (χ4n) is 0.989. The van der Waals surface area contributed by atoms with Crippen molar-refractivity contribution in [2.75, 3.05) is 26.3 Å². The highest BCUT2D eigenvalue weighted by molar-refractivity contribution is 4.72. The standard InChI is InChI=1S/C6H13NO3/c8-3-5-1-7-2-6(4-9)10-5/h5-9H,1-4H2/t5-,6-/m0/s1. The summed E-state index contributed by atoms with van der Waals surface area (Å²) in [4.78, 5) is 0. The number of morpholine rings is 1. The Balaban J connectivity index is 2.25. The fraction of sp³-hybridized carbons (Fsp3) is 1.00. The summed E-state index contributed by atoms with van der Waals surface area (Å²) in [6.07, 6.45) is -0.295. The largest absolute Gasteiger partial charge is 0.394 e. The Morgan fingerprint density at radius 3 is 2.10 bits per heavy atom. The normalized spacial score (nSPS) is 34.2. The quantitative estimate of drug-likeness (QED) is 0.437. The Bertz CT molecular complexity index is 89.0. The molecule has 0 unspecified atom stereocenters. The molecule has 4 nitrogen and oxygen atoms in total. The number of nitrogens with one attached hydrogen (secondary N) is 1. The molecule has 1 heterocycles. The van der Waals surface area contributed by atoms with Gasteiger partial charge in [-0.25, -0.2) is 0 Å². The van der Waals surface area contributed by atoms with Gasteiger partial charge in [-0.3, -0.25) is 0 Å². The summed E-state index contributed by atoms with van der Waals surface area (Å²) in [7, 11) is 0. The molecule has 0 spiro atoms. The lowest BCUT2D eigenvalue weighted by molar-refractivity contribution is -0.0788. The number of hydrogen-bond donors (Lipinski definition) is 3. The van der Waals surface area contributed by atoms with Gasteiger partial charge in [0.1, 0.15) is 0 Å². The molecule has 0 aliphatic carbocycles. The highest BCUT2D eigenvalue weighted by atomic mass is 16.5. The third kappa shape index (κ3) is 1.91. The first-order valence-electron chi connectivity index (χ1n) is 3.44. The van der Waals surface area contributed by atoms with Crippen LogP contribution in [0.3, 0.4) is 0 Å². The van der Waals surface area contributed by atoms with Gasteiger partial charge in [-0.15, -0.1) is 0 Å². The average molecular weight is 147 g/mol. The minimum absolute atomic E-state index is 0.0174. The van der Waals surface area contributed by atoms with Crippen LogP contribution in [-0.4, -0.2) is 48.7 Å². The second-order valence-electron chi connectivity index (χ2n) is 2.40. The predicted molar refractivity (Wildman–Crippen MR) is 35.7 cm³/mol. The number of aliphatic hydroxyl groups excluding tert-OH is 2. The number of hydrogen-bond acceptors (Lipinski definition) is 4. The van der Waals surface area contributed by atoms with E-state index in [1.165, 1.54) is 0 Å². The van der Waals surface area contributed by atoms with Gasteiger partial charge in [0.05, 0.1) is 25.4 Å². The number of rotatable bonds is 2. The van der Waals surface area contributed by atoms with E-state index in [9.17, 15) is 0 Å². The molecular weight excluding hydrogens is 134 g/mol. The van der Waals surface area contributed by atoms with Gasteiger partial charge in [0.15, 0.2) is 0 Å². The van der Waals surface area contributed by atoms with Gasteiger partial charge < -0.3 is 20.3 Å². The first-order chi connectivity index (χ1) is 4.86. The van der Waals surface area contributed by atoms with Gasteiger partial charge in [0.2, 0.25) is 0 Å². The molecule has 2 atom stereocenters. The monoisotopic (exact) mass is 147 g/mol. The molecule has 1 saturated heterocycles. The van der Waals surface area contributed by atoms with E-state index in [2.05, 4.69) is 5.32 Å². The molecule has 0 aromatic rings. The molecule has 3 N–H and O–H groups in total. The minimum Gasteiger partial charge on any atom is -0.394 e. The Labute approximate surface area is 59.8 Å². The third-order valence-electron chi connectivity index (χ3n) is 1.54. The summed E-state index contributed by atoms with van der Waals surface area (Å²) < 4.78 is 5.22. The Kier molecular flexibility index (Phi) is 3.08. The van der Waals surface area contributed by atoms with Crippen LogP contribution in [0, 0.1) is 0 Å². The van der Waals surface area contributed by atoms with Crippen LogP contribution >= 0.6 is 0 Å². The van der Waals surface area contributed by atoms with Crippen LogP contribution in [0.1, 0.15) is 0 Å². The van der Waals surface area contributed by atoms with Gasteiger partial charge in [-0.2, -0.15) is 0 Å². The van der Waals surface area contributed by atoms with Crippen LogP contribution in [0.25, 0.3) is 0 Å². The molecule has 1 aliphatic heterocycles.